The van der Waals surface area contributed by atoms with Crippen molar-refractivity contribution in [2.75, 3.05) is 11.9 Å². The number of hydrogen-bond acceptors (Lipinski definition) is 2. The van der Waals surface area contributed by atoms with E-state index in [4.69, 9.17) is 5.11 Å². The average molecular weight is 326 g/mol. The summed E-state index contributed by atoms with van der Waals surface area (Å²) in [5, 5.41) is 11.3. The van der Waals surface area contributed by atoms with Gasteiger partial charge in [-0.15, -0.1) is 0 Å². The van der Waals surface area contributed by atoms with Crippen molar-refractivity contribution in [1.29, 1.82) is 0 Å². The number of aliphatic carboxylic acids is 1. The van der Waals surface area contributed by atoms with E-state index in [1.807, 2.05) is 0 Å². The summed E-state index contributed by atoms with van der Waals surface area (Å²) in [5.41, 5.74) is -0.561. The molecule has 0 heterocycles. The number of alkyl halides is 3. The van der Waals surface area contributed by atoms with E-state index in [0.717, 1.165) is 6.07 Å². The van der Waals surface area contributed by atoms with Crippen LogP contribution in [0.4, 0.5) is 18.9 Å². The van der Waals surface area contributed by atoms with Crippen molar-refractivity contribution < 1.29 is 23.1 Å². The van der Waals surface area contributed by atoms with Crippen LogP contribution >= 0.6 is 15.9 Å². The smallest absolute Gasteiger partial charge is 0.417 e. The molecule has 0 radical (unpaired) electrons. The van der Waals surface area contributed by atoms with E-state index in [2.05, 4.69) is 21.2 Å². The normalized spacial score (nSPS) is 13.2. The van der Waals surface area contributed by atoms with E-state index in [1.54, 1.807) is 0 Å². The number of hydrogen-bond donors (Lipinski definition) is 2. The number of carboxylic acids is 1. The van der Waals surface area contributed by atoms with Gasteiger partial charge in [0.25, 0.3) is 0 Å². The summed E-state index contributed by atoms with van der Waals surface area (Å²) in [6.07, 6.45) is -4.45. The van der Waals surface area contributed by atoms with Crippen molar-refractivity contribution >= 4 is 27.6 Å². The maximum Gasteiger partial charge on any atom is 0.417 e. The molecule has 0 bridgehead atoms. The van der Waals surface area contributed by atoms with Crippen LogP contribution in [0.25, 0.3) is 0 Å². The standard InChI is InChI=1S/C11H11BrF3NO2/c1-6(10(17)18)5-16-7-2-3-9(12)8(4-7)11(13,14)15/h2-4,6,16H,5H2,1H3,(H,17,18). The number of carboxylic acid groups (broad SMARTS) is 1. The highest BCUT2D eigenvalue weighted by atomic mass is 79.9. The van der Waals surface area contributed by atoms with E-state index in [0.29, 0.717) is 0 Å². The van der Waals surface area contributed by atoms with Gasteiger partial charge in [0, 0.05) is 16.7 Å². The first kappa shape index (κ1) is 14.8. The van der Waals surface area contributed by atoms with Crippen LogP contribution in [0.5, 0.6) is 0 Å². The monoisotopic (exact) mass is 325 g/mol. The molecule has 1 rings (SSSR count). The Morgan fingerprint density at radius 3 is 2.61 bits per heavy atom. The Bertz CT molecular complexity index is 448. The van der Waals surface area contributed by atoms with Gasteiger partial charge in [0.15, 0.2) is 0 Å². The van der Waals surface area contributed by atoms with Crippen LogP contribution in [-0.2, 0) is 11.0 Å². The molecule has 0 aromatic heterocycles. The maximum atomic E-state index is 12.6. The van der Waals surface area contributed by atoms with Gasteiger partial charge in [-0.3, -0.25) is 4.79 Å². The number of carbonyl (C=O) groups is 1. The Morgan fingerprint density at radius 1 is 1.50 bits per heavy atom. The van der Waals surface area contributed by atoms with Crippen LogP contribution in [-0.4, -0.2) is 17.6 Å². The molecule has 0 aliphatic carbocycles. The number of anilines is 1. The molecule has 2 N–H and O–H groups in total. The van der Waals surface area contributed by atoms with Crippen molar-refractivity contribution in [2.45, 2.75) is 13.1 Å². The molecule has 18 heavy (non-hydrogen) atoms. The summed E-state index contributed by atoms with van der Waals surface area (Å²) in [5.74, 6) is -1.68. The molecule has 1 aromatic carbocycles. The first-order valence-electron chi connectivity index (χ1n) is 5.05. The molecule has 3 nitrogen and oxygen atoms in total. The van der Waals surface area contributed by atoms with Crippen LogP contribution in [0.15, 0.2) is 22.7 Å². The van der Waals surface area contributed by atoms with Gasteiger partial charge in [-0.25, -0.2) is 0 Å². The van der Waals surface area contributed by atoms with Gasteiger partial charge in [0.2, 0.25) is 0 Å². The molecule has 0 amide bonds. The molecule has 1 unspecified atom stereocenters. The molecular weight excluding hydrogens is 315 g/mol. The fourth-order valence-electron chi connectivity index (χ4n) is 1.21. The van der Waals surface area contributed by atoms with Crippen LogP contribution in [0.3, 0.4) is 0 Å². The lowest BCUT2D eigenvalue weighted by Gasteiger charge is -2.13. The quantitative estimate of drug-likeness (QED) is 0.889. The maximum absolute atomic E-state index is 12.6. The highest BCUT2D eigenvalue weighted by molar-refractivity contribution is 9.10. The Labute approximate surface area is 110 Å². The van der Waals surface area contributed by atoms with Crippen LogP contribution in [0, 0.1) is 5.92 Å². The number of halogens is 4. The fraction of sp³-hybridized carbons (Fsp3) is 0.364. The van der Waals surface area contributed by atoms with Gasteiger partial charge in [0.1, 0.15) is 0 Å². The molecule has 0 fully saturated rings. The van der Waals surface area contributed by atoms with Crippen molar-refractivity contribution in [3.63, 3.8) is 0 Å². The number of benzene rings is 1. The Balaban J connectivity index is 2.83. The first-order valence-corrected chi connectivity index (χ1v) is 5.84. The van der Waals surface area contributed by atoms with E-state index in [1.165, 1.54) is 19.1 Å². The molecular formula is C11H11BrF3NO2. The van der Waals surface area contributed by atoms with Gasteiger partial charge >= 0.3 is 12.1 Å². The van der Waals surface area contributed by atoms with Gasteiger partial charge in [-0.1, -0.05) is 22.9 Å². The zero-order valence-electron chi connectivity index (χ0n) is 9.38. The minimum Gasteiger partial charge on any atom is -0.481 e. The lowest BCUT2D eigenvalue weighted by atomic mass is 10.1. The first-order chi connectivity index (χ1) is 8.21. The van der Waals surface area contributed by atoms with Crippen molar-refractivity contribution in [2.24, 2.45) is 5.92 Å². The molecule has 0 saturated heterocycles. The summed E-state index contributed by atoms with van der Waals surface area (Å²) >= 11 is 2.83. The van der Waals surface area contributed by atoms with Crippen molar-refractivity contribution in [3.05, 3.63) is 28.2 Å². The molecule has 0 spiro atoms. The topological polar surface area (TPSA) is 49.3 Å². The zero-order valence-corrected chi connectivity index (χ0v) is 11.0. The second-order valence-electron chi connectivity index (χ2n) is 3.81. The SMILES string of the molecule is CC(CNc1ccc(Br)c(C(F)(F)F)c1)C(=O)O. The molecule has 1 aromatic rings. The molecule has 0 aliphatic rings. The largest absolute Gasteiger partial charge is 0.481 e. The molecule has 0 saturated carbocycles. The van der Waals surface area contributed by atoms with Gasteiger partial charge in [-0.05, 0) is 18.2 Å². The minimum atomic E-state index is -4.45. The van der Waals surface area contributed by atoms with E-state index >= 15 is 0 Å². The minimum absolute atomic E-state index is 0.0492. The number of rotatable bonds is 4. The van der Waals surface area contributed by atoms with Crippen molar-refractivity contribution in [1.82, 2.24) is 0 Å². The third kappa shape index (κ3) is 3.90. The Hall–Kier alpha value is -1.24. The van der Waals surface area contributed by atoms with Crippen LogP contribution in [0.1, 0.15) is 12.5 Å². The Morgan fingerprint density at radius 2 is 2.11 bits per heavy atom. The third-order valence-corrected chi connectivity index (χ3v) is 3.00. The second kappa shape index (κ2) is 5.60. The summed E-state index contributed by atoms with van der Waals surface area (Å²) in [7, 11) is 0. The second-order valence-corrected chi connectivity index (χ2v) is 4.67. The lowest BCUT2D eigenvalue weighted by Crippen LogP contribution is -2.19. The predicted molar refractivity (Wildman–Crippen MR) is 64.4 cm³/mol. The van der Waals surface area contributed by atoms with E-state index in [9.17, 15) is 18.0 Å². The van der Waals surface area contributed by atoms with E-state index < -0.39 is 23.6 Å². The molecule has 1 atom stereocenters. The third-order valence-electron chi connectivity index (χ3n) is 2.31. The Kier molecular flexibility index (Phi) is 4.61. The van der Waals surface area contributed by atoms with Gasteiger partial charge in [-0.2, -0.15) is 13.2 Å². The predicted octanol–water partition coefficient (Wildman–Crippen LogP) is 3.60. The lowest BCUT2D eigenvalue weighted by molar-refractivity contribution is -0.141. The van der Waals surface area contributed by atoms with Gasteiger partial charge < -0.3 is 10.4 Å². The van der Waals surface area contributed by atoms with Gasteiger partial charge in [0.05, 0.1) is 11.5 Å². The molecule has 0 aliphatic heterocycles. The fourth-order valence-corrected chi connectivity index (χ4v) is 1.68. The highest BCUT2D eigenvalue weighted by Gasteiger charge is 2.33. The summed E-state index contributed by atoms with van der Waals surface area (Å²) in [4.78, 5) is 10.6. The molecule has 100 valence electrons. The molecule has 7 heteroatoms. The van der Waals surface area contributed by atoms with Crippen molar-refractivity contribution in [3.8, 4) is 0 Å². The summed E-state index contributed by atoms with van der Waals surface area (Å²) in [6, 6.07) is 3.67. The average Bonchev–Trinajstić information content (AvgIpc) is 2.25. The summed E-state index contributed by atoms with van der Waals surface area (Å²) in [6.45, 7) is 1.53. The highest BCUT2D eigenvalue weighted by Crippen LogP contribution is 2.36. The number of nitrogens with one attached hydrogen (secondary N) is 1. The van der Waals surface area contributed by atoms with Crippen LogP contribution < -0.4 is 5.32 Å². The summed E-state index contributed by atoms with van der Waals surface area (Å²) < 4.78 is 37.8. The van der Waals surface area contributed by atoms with Crippen LogP contribution in [0.2, 0.25) is 0 Å². The zero-order chi connectivity index (χ0) is 13.9. The van der Waals surface area contributed by atoms with E-state index in [-0.39, 0.29) is 16.7 Å².